The van der Waals surface area contributed by atoms with E-state index < -0.39 is 0 Å². The van der Waals surface area contributed by atoms with Gasteiger partial charge in [0.05, 0.1) is 19.4 Å². The summed E-state index contributed by atoms with van der Waals surface area (Å²) in [5, 5.41) is 4.17. The number of amides is 1. The van der Waals surface area contributed by atoms with Crippen molar-refractivity contribution in [1.29, 1.82) is 0 Å². The Balaban J connectivity index is 1.17. The first-order valence-electron chi connectivity index (χ1n) is 10.6. The Kier molecular flexibility index (Phi) is 5.01. The molecular weight excluding hydrogens is 366 g/mol. The molecule has 7 nitrogen and oxygen atoms in total. The Bertz CT molecular complexity index is 862. The van der Waals surface area contributed by atoms with Gasteiger partial charge in [-0.1, -0.05) is 12.1 Å². The van der Waals surface area contributed by atoms with Gasteiger partial charge in [0.15, 0.2) is 0 Å². The molecule has 154 valence electrons. The molecule has 3 saturated heterocycles. The molecular formula is C22H29N5O2. The summed E-state index contributed by atoms with van der Waals surface area (Å²) in [7, 11) is 0. The van der Waals surface area contributed by atoms with Crippen LogP contribution in [0, 0.1) is 18.8 Å². The molecule has 2 unspecified atom stereocenters. The molecule has 4 heterocycles. The van der Waals surface area contributed by atoms with Crippen LogP contribution in [0.1, 0.15) is 11.1 Å². The van der Waals surface area contributed by atoms with Crippen LogP contribution in [0.2, 0.25) is 0 Å². The molecule has 0 aliphatic carbocycles. The molecule has 1 amide bonds. The van der Waals surface area contributed by atoms with E-state index >= 15 is 0 Å². The van der Waals surface area contributed by atoms with Crippen LogP contribution in [-0.2, 0) is 11.3 Å². The highest BCUT2D eigenvalue weighted by molar-refractivity contribution is 5.76. The Hall–Kier alpha value is -2.38. The van der Waals surface area contributed by atoms with Crippen LogP contribution in [0.5, 0.6) is 0 Å². The van der Waals surface area contributed by atoms with E-state index in [1.807, 2.05) is 18.0 Å². The minimum absolute atomic E-state index is 0.0114. The van der Waals surface area contributed by atoms with Gasteiger partial charge >= 0.3 is 6.03 Å². The number of fused-ring (bicyclic) bond motifs is 1. The fourth-order valence-electron chi connectivity index (χ4n) is 4.97. The second kappa shape index (κ2) is 7.80. The van der Waals surface area contributed by atoms with E-state index in [-0.39, 0.29) is 6.03 Å². The van der Waals surface area contributed by atoms with Crippen LogP contribution in [0.15, 0.2) is 36.7 Å². The van der Waals surface area contributed by atoms with Crippen LogP contribution in [0.4, 0.5) is 10.5 Å². The standard InChI is InChI=1S/C22H29N5O2/c1-17-10-23-27(11-17)22(28)26-15-19-13-24(14-20(19)16-26)12-18-3-2-4-21(9-18)25-5-7-29-8-6-25/h2-4,9-11,19-20H,5-8,12-16H2,1H3. The Morgan fingerprint density at radius 1 is 1.14 bits per heavy atom. The van der Waals surface area contributed by atoms with E-state index in [2.05, 4.69) is 39.2 Å². The van der Waals surface area contributed by atoms with Gasteiger partial charge in [-0.25, -0.2) is 4.79 Å². The number of aryl methyl sites for hydroxylation is 1. The Morgan fingerprint density at radius 2 is 1.90 bits per heavy atom. The summed E-state index contributed by atoms with van der Waals surface area (Å²) in [5.41, 5.74) is 3.69. The largest absolute Gasteiger partial charge is 0.378 e. The zero-order valence-electron chi connectivity index (χ0n) is 17.0. The van der Waals surface area contributed by atoms with E-state index in [0.717, 1.165) is 64.6 Å². The average Bonchev–Trinajstić information content (AvgIpc) is 3.43. The zero-order chi connectivity index (χ0) is 19.8. The lowest BCUT2D eigenvalue weighted by Gasteiger charge is -2.29. The van der Waals surface area contributed by atoms with Gasteiger partial charge in [-0.3, -0.25) is 4.90 Å². The van der Waals surface area contributed by atoms with E-state index in [1.54, 1.807) is 6.20 Å². The summed E-state index contributed by atoms with van der Waals surface area (Å²) >= 11 is 0. The lowest BCUT2D eigenvalue weighted by molar-refractivity contribution is 0.122. The first-order valence-corrected chi connectivity index (χ1v) is 10.6. The van der Waals surface area contributed by atoms with Gasteiger partial charge in [-0.2, -0.15) is 9.78 Å². The number of hydrogen-bond donors (Lipinski definition) is 0. The second-order valence-electron chi connectivity index (χ2n) is 8.63. The molecule has 3 aliphatic heterocycles. The SMILES string of the molecule is Cc1cnn(C(=O)N2CC3CN(Cc4cccc(N5CCOCC5)c4)CC3C2)c1. The van der Waals surface area contributed by atoms with E-state index in [4.69, 9.17) is 4.74 Å². The van der Waals surface area contributed by atoms with Crippen molar-refractivity contribution in [2.24, 2.45) is 11.8 Å². The van der Waals surface area contributed by atoms with Crippen molar-refractivity contribution in [3.63, 3.8) is 0 Å². The van der Waals surface area contributed by atoms with E-state index in [9.17, 15) is 4.79 Å². The van der Waals surface area contributed by atoms with Crippen molar-refractivity contribution < 1.29 is 9.53 Å². The lowest BCUT2D eigenvalue weighted by atomic mass is 10.0. The van der Waals surface area contributed by atoms with Crippen molar-refractivity contribution in [3.05, 3.63) is 47.8 Å². The molecule has 2 aromatic rings. The van der Waals surface area contributed by atoms with Crippen LogP contribution in [0.25, 0.3) is 0 Å². The lowest BCUT2D eigenvalue weighted by Crippen LogP contribution is -2.36. The van der Waals surface area contributed by atoms with Crippen molar-refractivity contribution >= 4 is 11.7 Å². The van der Waals surface area contributed by atoms with Gasteiger partial charge in [0.25, 0.3) is 0 Å². The summed E-state index contributed by atoms with van der Waals surface area (Å²) in [6.07, 6.45) is 3.55. The smallest absolute Gasteiger partial charge is 0.344 e. The van der Waals surface area contributed by atoms with E-state index in [1.165, 1.54) is 15.9 Å². The molecule has 29 heavy (non-hydrogen) atoms. The monoisotopic (exact) mass is 395 g/mol. The molecule has 0 saturated carbocycles. The third-order valence-corrected chi connectivity index (χ3v) is 6.43. The van der Waals surface area contributed by atoms with Crippen molar-refractivity contribution in [3.8, 4) is 0 Å². The summed E-state index contributed by atoms with van der Waals surface area (Å²) in [6.45, 7) is 10.3. The Morgan fingerprint density at radius 3 is 2.59 bits per heavy atom. The Labute approximate surface area is 171 Å². The number of benzene rings is 1. The minimum Gasteiger partial charge on any atom is -0.378 e. The number of anilines is 1. The van der Waals surface area contributed by atoms with Gasteiger partial charge < -0.3 is 14.5 Å². The maximum absolute atomic E-state index is 12.7. The fraction of sp³-hybridized carbons (Fsp3) is 0.545. The minimum atomic E-state index is 0.0114. The second-order valence-corrected chi connectivity index (χ2v) is 8.63. The number of nitrogens with zero attached hydrogens (tertiary/aromatic N) is 5. The molecule has 3 fully saturated rings. The van der Waals surface area contributed by atoms with Gasteiger partial charge in [0, 0.05) is 57.7 Å². The molecule has 2 atom stereocenters. The highest BCUT2D eigenvalue weighted by Gasteiger charge is 2.41. The first kappa shape index (κ1) is 18.6. The van der Waals surface area contributed by atoms with Gasteiger partial charge in [-0.05, 0) is 42.0 Å². The maximum Gasteiger partial charge on any atom is 0.344 e. The normalized spacial score (nSPS) is 24.9. The molecule has 0 N–H and O–H groups in total. The summed E-state index contributed by atoms with van der Waals surface area (Å²) in [6, 6.07) is 8.94. The topological polar surface area (TPSA) is 53.8 Å². The predicted octanol–water partition coefficient (Wildman–Crippen LogP) is 2.06. The molecule has 1 aromatic carbocycles. The summed E-state index contributed by atoms with van der Waals surface area (Å²) < 4.78 is 6.95. The molecule has 0 radical (unpaired) electrons. The number of likely N-dealkylation sites (tertiary alicyclic amines) is 2. The highest BCUT2D eigenvalue weighted by Crippen LogP contribution is 2.32. The number of aromatic nitrogens is 2. The van der Waals surface area contributed by atoms with Crippen LogP contribution >= 0.6 is 0 Å². The summed E-state index contributed by atoms with van der Waals surface area (Å²) in [5.74, 6) is 1.14. The highest BCUT2D eigenvalue weighted by atomic mass is 16.5. The molecule has 1 aromatic heterocycles. The molecule has 7 heteroatoms. The average molecular weight is 396 g/mol. The van der Waals surface area contributed by atoms with Crippen LogP contribution in [-0.4, -0.2) is 78.1 Å². The van der Waals surface area contributed by atoms with Crippen LogP contribution < -0.4 is 4.90 Å². The number of carbonyl (C=O) groups excluding carboxylic acids is 1. The quantitative estimate of drug-likeness (QED) is 0.796. The molecule has 5 rings (SSSR count). The predicted molar refractivity (Wildman–Crippen MR) is 111 cm³/mol. The fourth-order valence-corrected chi connectivity index (χ4v) is 4.97. The molecule has 0 bridgehead atoms. The maximum atomic E-state index is 12.7. The first-order chi connectivity index (χ1) is 14.2. The number of hydrogen-bond acceptors (Lipinski definition) is 5. The summed E-state index contributed by atoms with van der Waals surface area (Å²) in [4.78, 5) is 19.6. The third-order valence-electron chi connectivity index (χ3n) is 6.43. The number of ether oxygens (including phenoxy) is 1. The van der Waals surface area contributed by atoms with Gasteiger partial charge in [0.2, 0.25) is 0 Å². The number of rotatable bonds is 3. The number of carbonyl (C=O) groups is 1. The van der Waals surface area contributed by atoms with Crippen LogP contribution in [0.3, 0.4) is 0 Å². The number of morpholine rings is 1. The molecule has 0 spiro atoms. The zero-order valence-corrected chi connectivity index (χ0v) is 17.0. The van der Waals surface area contributed by atoms with Crippen molar-refractivity contribution in [2.45, 2.75) is 13.5 Å². The molecule has 3 aliphatic rings. The third kappa shape index (κ3) is 3.89. The van der Waals surface area contributed by atoms with E-state index in [0.29, 0.717) is 11.8 Å². The van der Waals surface area contributed by atoms with Crippen molar-refractivity contribution in [2.75, 3.05) is 57.4 Å². The van der Waals surface area contributed by atoms with Crippen molar-refractivity contribution in [1.82, 2.24) is 19.6 Å². The van der Waals surface area contributed by atoms with Gasteiger partial charge in [-0.15, -0.1) is 0 Å². The van der Waals surface area contributed by atoms with Gasteiger partial charge in [0.1, 0.15) is 0 Å².